The Balaban J connectivity index is 0. The molecule has 48 valence electrons. The van der Waals surface area contributed by atoms with E-state index in [1.807, 2.05) is 0 Å². The van der Waals surface area contributed by atoms with Gasteiger partial charge in [0.05, 0.1) is 0 Å². The molecule has 0 aromatic heterocycles. The first-order valence-corrected chi connectivity index (χ1v) is 3.82. The van der Waals surface area contributed by atoms with Crippen molar-refractivity contribution in [2.75, 3.05) is 0 Å². The first-order chi connectivity index (χ1) is 3.42. The third kappa shape index (κ3) is 11.9. The molecule has 0 aromatic carbocycles. The minimum absolute atomic E-state index is 0. The first kappa shape index (κ1) is 12.3. The van der Waals surface area contributed by atoms with Gasteiger partial charge < -0.3 is 9.90 Å². The molecule has 0 aliphatic rings. The van der Waals surface area contributed by atoms with E-state index >= 15 is 0 Å². The van der Waals surface area contributed by atoms with Gasteiger partial charge in [-0.1, -0.05) is 0 Å². The van der Waals surface area contributed by atoms with Gasteiger partial charge in [-0.2, -0.15) is 0 Å². The van der Waals surface area contributed by atoms with Crippen LogP contribution >= 0.6 is 0 Å². The van der Waals surface area contributed by atoms with Crippen LogP contribution in [-0.2, 0) is 20.1 Å². The van der Waals surface area contributed by atoms with Crippen molar-refractivity contribution in [3.63, 3.8) is 0 Å². The van der Waals surface area contributed by atoms with Crippen molar-refractivity contribution in [3.8, 4) is 0 Å². The van der Waals surface area contributed by atoms with Crippen molar-refractivity contribution in [3.05, 3.63) is 0 Å². The Morgan fingerprint density at radius 1 is 1.78 bits per heavy atom. The topological polar surface area (TPSA) is 89.5 Å². The summed E-state index contributed by atoms with van der Waals surface area (Å²) in [5.41, 5.74) is 0. The number of nitrogens with one attached hydrogen (secondary N) is 1. The molecular formula is CH2NNaO4S2. The van der Waals surface area contributed by atoms with Crippen LogP contribution < -0.4 is 39.4 Å². The van der Waals surface area contributed by atoms with Crippen molar-refractivity contribution in [1.82, 2.24) is 4.72 Å². The third-order valence-corrected chi connectivity index (χ3v) is 0.887. The largest absolute Gasteiger partial charge is 1.00 e. The van der Waals surface area contributed by atoms with Crippen LogP contribution in [0.15, 0.2) is 0 Å². The molecule has 0 heterocycles. The summed E-state index contributed by atoms with van der Waals surface area (Å²) in [6.07, 6.45) is -1.85. The molecule has 9 heavy (non-hydrogen) atoms. The fourth-order valence-corrected chi connectivity index (χ4v) is 0.520. The van der Waals surface area contributed by atoms with Gasteiger partial charge in [0.25, 0.3) is 0 Å². The summed E-state index contributed by atoms with van der Waals surface area (Å²) in [7, 11) is -3.80. The number of rotatable bonds is 1. The second-order valence-electron chi connectivity index (χ2n) is 0.865. The molecule has 0 aliphatic heterocycles. The minimum Gasteiger partial charge on any atom is -0.529 e. The van der Waals surface area contributed by atoms with E-state index in [0.29, 0.717) is 0 Å². The van der Waals surface area contributed by atoms with Crippen LogP contribution in [0.4, 0.5) is 4.79 Å². The van der Waals surface area contributed by atoms with E-state index in [-0.39, 0.29) is 29.6 Å². The zero-order valence-corrected chi connectivity index (χ0v) is 8.12. The molecule has 0 rings (SSSR count). The molecule has 2 N–H and O–H groups in total. The Kier molecular flexibility index (Phi) is 6.04. The van der Waals surface area contributed by atoms with Gasteiger partial charge in [-0.15, -0.1) is 0 Å². The summed E-state index contributed by atoms with van der Waals surface area (Å²) in [5.74, 6) is 0. The molecule has 0 spiro atoms. The van der Waals surface area contributed by atoms with Crippen LogP contribution in [-0.4, -0.2) is 14.9 Å². The summed E-state index contributed by atoms with van der Waals surface area (Å²) in [5, 5.41) is 9.39. The SMILES string of the molecule is O=C([O-])NS(=O)(O)=S.[Na+]. The molecule has 0 aromatic rings. The Morgan fingerprint density at radius 3 is 2.11 bits per heavy atom. The maximum Gasteiger partial charge on any atom is 1.00 e. The fraction of sp³-hybridized carbons (Fsp3) is 0. The van der Waals surface area contributed by atoms with Crippen molar-refractivity contribution >= 4 is 26.2 Å². The van der Waals surface area contributed by atoms with E-state index in [0.717, 1.165) is 4.72 Å². The number of hydrogen-bond acceptors (Lipinski definition) is 4. The van der Waals surface area contributed by atoms with Gasteiger partial charge in [0.1, 0.15) is 6.09 Å². The summed E-state index contributed by atoms with van der Waals surface area (Å²) in [4.78, 5) is 9.39. The molecule has 8 heteroatoms. The summed E-state index contributed by atoms with van der Waals surface area (Å²) >= 11 is 3.71. The molecule has 5 nitrogen and oxygen atoms in total. The van der Waals surface area contributed by atoms with E-state index in [2.05, 4.69) is 11.2 Å². The van der Waals surface area contributed by atoms with Crippen molar-refractivity contribution in [1.29, 1.82) is 0 Å². The summed E-state index contributed by atoms with van der Waals surface area (Å²) in [6, 6.07) is 0. The molecule has 0 bridgehead atoms. The van der Waals surface area contributed by atoms with Crippen molar-refractivity contribution < 1.29 is 48.2 Å². The normalized spacial score (nSPS) is 14.8. The predicted octanol–water partition coefficient (Wildman–Crippen LogP) is -4.94. The molecule has 0 aliphatic carbocycles. The average molecular weight is 179 g/mol. The Hall–Kier alpha value is 0.600. The quantitative estimate of drug-likeness (QED) is 0.394. The molecular weight excluding hydrogens is 177 g/mol. The van der Waals surface area contributed by atoms with Crippen molar-refractivity contribution in [2.24, 2.45) is 0 Å². The van der Waals surface area contributed by atoms with Gasteiger partial charge in [0.2, 0.25) is 8.96 Å². The Morgan fingerprint density at radius 2 is 2.11 bits per heavy atom. The fourth-order valence-electron chi connectivity index (χ4n) is 0.105. The summed E-state index contributed by atoms with van der Waals surface area (Å²) in [6.45, 7) is 0. The molecule has 1 unspecified atom stereocenters. The van der Waals surface area contributed by atoms with Gasteiger partial charge in [-0.25, -0.2) is 4.21 Å². The van der Waals surface area contributed by atoms with E-state index < -0.39 is 15.1 Å². The molecule has 0 fully saturated rings. The third-order valence-electron chi connectivity index (χ3n) is 0.212. The Bertz CT molecular complexity index is 185. The van der Waals surface area contributed by atoms with Gasteiger partial charge in [-0.3, -0.25) is 9.27 Å². The number of carbonyl (C=O) groups is 1. The van der Waals surface area contributed by atoms with Gasteiger partial charge in [0.15, 0.2) is 0 Å². The van der Waals surface area contributed by atoms with Gasteiger partial charge in [0, 0.05) is 11.2 Å². The molecule has 0 saturated carbocycles. The van der Waals surface area contributed by atoms with Crippen LogP contribution in [0.3, 0.4) is 0 Å². The van der Waals surface area contributed by atoms with Crippen LogP contribution in [0.1, 0.15) is 0 Å². The number of carbonyl (C=O) groups excluding carboxylic acids is 1. The van der Waals surface area contributed by atoms with E-state index in [9.17, 15) is 14.1 Å². The Labute approximate surface area is 78.7 Å². The number of hydrogen-bond donors (Lipinski definition) is 2. The van der Waals surface area contributed by atoms with Crippen LogP contribution in [0.5, 0.6) is 0 Å². The van der Waals surface area contributed by atoms with E-state index in [1.165, 1.54) is 0 Å². The van der Waals surface area contributed by atoms with Gasteiger partial charge in [-0.05, 0) is 0 Å². The zero-order chi connectivity index (χ0) is 6.78. The number of amides is 1. The van der Waals surface area contributed by atoms with E-state index in [4.69, 9.17) is 4.55 Å². The first-order valence-electron chi connectivity index (χ1n) is 1.38. The van der Waals surface area contributed by atoms with Crippen molar-refractivity contribution in [2.45, 2.75) is 0 Å². The summed E-state index contributed by atoms with van der Waals surface area (Å²) < 4.78 is 18.9. The van der Waals surface area contributed by atoms with Crippen LogP contribution in [0, 0.1) is 0 Å². The molecule has 1 atom stereocenters. The zero-order valence-electron chi connectivity index (χ0n) is 4.49. The maximum absolute atomic E-state index is 9.84. The molecule has 1 amide bonds. The monoisotopic (exact) mass is 179 g/mol. The van der Waals surface area contributed by atoms with Crippen LogP contribution in [0.2, 0.25) is 0 Å². The predicted molar refractivity (Wildman–Crippen MR) is 26.7 cm³/mol. The average Bonchev–Trinajstić information content (AvgIpc) is 1.21. The van der Waals surface area contributed by atoms with Gasteiger partial charge >= 0.3 is 29.6 Å². The maximum atomic E-state index is 9.84. The molecule has 0 saturated heterocycles. The second kappa shape index (κ2) is 4.42. The number of carboxylic acid groups (broad SMARTS) is 1. The minimum atomic E-state index is -3.80. The molecule has 0 radical (unpaired) electrons. The van der Waals surface area contributed by atoms with E-state index in [1.54, 1.807) is 0 Å². The second-order valence-corrected chi connectivity index (χ2v) is 3.37. The smallest absolute Gasteiger partial charge is 0.529 e. The van der Waals surface area contributed by atoms with Crippen LogP contribution in [0.25, 0.3) is 0 Å². The standard InChI is InChI=1S/CH3NO4S2.Na/c3-1(4)2-8(5,6)7;/h2H,(H,3,4)(H,5,6,7);/q;+1/p-1.